The molecule has 0 aromatic heterocycles. The van der Waals surface area contributed by atoms with E-state index in [0.717, 1.165) is 70.6 Å². The molecular formula is C64H112O6. The van der Waals surface area contributed by atoms with E-state index >= 15 is 0 Å². The molecule has 1 unspecified atom stereocenters. The summed E-state index contributed by atoms with van der Waals surface area (Å²) < 4.78 is 16.8. The number of carbonyl (C=O) groups excluding carboxylic acids is 3. The monoisotopic (exact) mass is 977 g/mol. The summed E-state index contributed by atoms with van der Waals surface area (Å²) in [4.78, 5) is 38.1. The minimum Gasteiger partial charge on any atom is -0.462 e. The van der Waals surface area contributed by atoms with Crippen LogP contribution in [0.4, 0.5) is 0 Å². The highest BCUT2D eigenvalue weighted by atomic mass is 16.6. The van der Waals surface area contributed by atoms with E-state index in [4.69, 9.17) is 14.2 Å². The van der Waals surface area contributed by atoms with Crippen molar-refractivity contribution >= 4 is 17.9 Å². The van der Waals surface area contributed by atoms with Crippen LogP contribution in [-0.4, -0.2) is 37.2 Å². The maximum atomic E-state index is 12.9. The van der Waals surface area contributed by atoms with Gasteiger partial charge in [0.05, 0.1) is 6.42 Å². The third-order valence-corrected chi connectivity index (χ3v) is 13.0. The van der Waals surface area contributed by atoms with Crippen molar-refractivity contribution in [3.8, 4) is 0 Å². The van der Waals surface area contributed by atoms with Gasteiger partial charge in [-0.25, -0.2) is 0 Å². The third kappa shape index (κ3) is 55.8. The summed E-state index contributed by atoms with van der Waals surface area (Å²) in [5, 5.41) is 0. The molecule has 0 saturated heterocycles. The standard InChI is InChI=1S/C64H112O6/c1-4-7-10-13-16-19-22-25-28-30-32-34-36-39-42-45-48-51-54-57-63(66)69-60-61(59-68-62(65)56-53-50-47-44-41-38-35-27-24-21-18-15-12-9-6-3)70-64(67)58-55-52-49-46-43-40-37-33-31-29-26-23-20-17-14-11-8-5-2/h9,12,18,21,25,27-28,35,41,44,50,53,61H,4-8,10-11,13-17,19-20,22-24,26,29-34,36-40,42-43,45-49,51-52,54-60H2,1-3H3/b12-9-,21-18-,28-25-,35-27-,44-41-,53-50-. The van der Waals surface area contributed by atoms with E-state index in [2.05, 4.69) is 81.5 Å². The molecule has 1 atom stereocenters. The normalized spacial score (nSPS) is 12.6. The van der Waals surface area contributed by atoms with Crippen molar-refractivity contribution in [3.05, 3.63) is 72.9 Å². The van der Waals surface area contributed by atoms with Crippen molar-refractivity contribution in [2.75, 3.05) is 13.2 Å². The van der Waals surface area contributed by atoms with E-state index in [-0.39, 0.29) is 31.6 Å². The Bertz CT molecular complexity index is 1310. The fraction of sp³-hybridized carbons (Fsp3) is 0.766. The zero-order valence-corrected chi connectivity index (χ0v) is 46.3. The molecule has 404 valence electrons. The summed E-state index contributed by atoms with van der Waals surface area (Å²) in [6.45, 7) is 6.47. The molecule has 0 N–H and O–H groups in total. The number of ether oxygens (including phenoxy) is 3. The molecule has 0 heterocycles. The first-order valence-corrected chi connectivity index (χ1v) is 29.9. The van der Waals surface area contributed by atoms with Crippen LogP contribution < -0.4 is 0 Å². The van der Waals surface area contributed by atoms with Crippen LogP contribution in [0.15, 0.2) is 72.9 Å². The molecule has 0 aromatic rings. The van der Waals surface area contributed by atoms with Crippen molar-refractivity contribution in [3.63, 3.8) is 0 Å². The Hall–Kier alpha value is -3.15. The first-order chi connectivity index (χ1) is 34.5. The van der Waals surface area contributed by atoms with Gasteiger partial charge in [0.1, 0.15) is 13.2 Å². The Morgan fingerprint density at radius 1 is 0.314 bits per heavy atom. The van der Waals surface area contributed by atoms with Crippen molar-refractivity contribution in [1.82, 2.24) is 0 Å². The molecule has 0 rings (SSSR count). The molecule has 0 spiro atoms. The van der Waals surface area contributed by atoms with E-state index in [1.54, 1.807) is 6.08 Å². The molecule has 70 heavy (non-hydrogen) atoms. The maximum absolute atomic E-state index is 12.9. The molecular weight excluding hydrogens is 865 g/mol. The molecule has 0 bridgehead atoms. The fourth-order valence-corrected chi connectivity index (χ4v) is 8.51. The zero-order chi connectivity index (χ0) is 50.7. The molecule has 0 aliphatic carbocycles. The predicted molar refractivity (Wildman–Crippen MR) is 302 cm³/mol. The SMILES string of the molecule is CC/C=C\C/C=C\C/C=C\C/C=C\C/C=C\CC(=O)OCC(COC(=O)CCCCCCCCCCC/C=C\CCCCCCCC)OC(=O)CCCCCCCCCCCCCCCCCCCC. The number of esters is 3. The van der Waals surface area contributed by atoms with Crippen molar-refractivity contribution in [2.24, 2.45) is 0 Å². The van der Waals surface area contributed by atoms with Gasteiger partial charge in [-0.1, -0.05) is 280 Å². The number of hydrogen-bond donors (Lipinski definition) is 0. The van der Waals surface area contributed by atoms with E-state index < -0.39 is 12.1 Å². The summed E-state index contributed by atoms with van der Waals surface area (Å²) in [7, 11) is 0. The second kappa shape index (κ2) is 58.4. The van der Waals surface area contributed by atoms with Crippen molar-refractivity contribution in [2.45, 2.75) is 303 Å². The van der Waals surface area contributed by atoms with Crippen molar-refractivity contribution in [1.29, 1.82) is 0 Å². The van der Waals surface area contributed by atoms with Gasteiger partial charge in [-0.15, -0.1) is 0 Å². The Morgan fingerprint density at radius 3 is 0.986 bits per heavy atom. The first kappa shape index (κ1) is 66.9. The van der Waals surface area contributed by atoms with Crippen LogP contribution in [0.3, 0.4) is 0 Å². The summed E-state index contributed by atoms with van der Waals surface area (Å²) >= 11 is 0. The van der Waals surface area contributed by atoms with Gasteiger partial charge in [-0.2, -0.15) is 0 Å². The average Bonchev–Trinajstić information content (AvgIpc) is 3.36. The van der Waals surface area contributed by atoms with Gasteiger partial charge in [-0.3, -0.25) is 14.4 Å². The van der Waals surface area contributed by atoms with Gasteiger partial charge >= 0.3 is 17.9 Å². The van der Waals surface area contributed by atoms with E-state index in [1.165, 1.54) is 186 Å². The lowest BCUT2D eigenvalue weighted by Crippen LogP contribution is -2.30. The molecule has 0 amide bonds. The van der Waals surface area contributed by atoms with Crippen LogP contribution in [0.1, 0.15) is 297 Å². The Balaban J connectivity index is 4.43. The number of carbonyl (C=O) groups is 3. The first-order valence-electron chi connectivity index (χ1n) is 29.9. The highest BCUT2D eigenvalue weighted by Gasteiger charge is 2.19. The molecule has 6 heteroatoms. The van der Waals surface area contributed by atoms with Crippen molar-refractivity contribution < 1.29 is 28.6 Å². The van der Waals surface area contributed by atoms with Gasteiger partial charge < -0.3 is 14.2 Å². The minimum atomic E-state index is -0.814. The molecule has 0 radical (unpaired) electrons. The second-order valence-electron chi connectivity index (χ2n) is 19.9. The van der Waals surface area contributed by atoms with Crippen LogP contribution in [0.5, 0.6) is 0 Å². The summed E-state index contributed by atoms with van der Waals surface area (Å²) in [5.41, 5.74) is 0. The molecule has 0 saturated carbocycles. The fourth-order valence-electron chi connectivity index (χ4n) is 8.51. The van der Waals surface area contributed by atoms with Crippen LogP contribution in [0.25, 0.3) is 0 Å². The van der Waals surface area contributed by atoms with Crippen LogP contribution in [-0.2, 0) is 28.6 Å². The number of hydrogen-bond acceptors (Lipinski definition) is 6. The smallest absolute Gasteiger partial charge is 0.309 e. The molecule has 0 fully saturated rings. The summed E-state index contributed by atoms with van der Waals surface area (Å²) in [6, 6.07) is 0. The molecule has 0 aliphatic rings. The van der Waals surface area contributed by atoms with Gasteiger partial charge in [0.2, 0.25) is 0 Å². The van der Waals surface area contributed by atoms with E-state index in [1.807, 2.05) is 6.08 Å². The Morgan fingerprint density at radius 2 is 0.614 bits per heavy atom. The summed E-state index contributed by atoms with van der Waals surface area (Å²) in [5.74, 6) is -1.03. The third-order valence-electron chi connectivity index (χ3n) is 13.0. The van der Waals surface area contributed by atoms with E-state index in [0.29, 0.717) is 12.8 Å². The minimum absolute atomic E-state index is 0.104. The largest absolute Gasteiger partial charge is 0.462 e. The predicted octanol–water partition coefficient (Wildman–Crippen LogP) is 20.2. The lowest BCUT2D eigenvalue weighted by Gasteiger charge is -2.18. The lowest BCUT2D eigenvalue weighted by molar-refractivity contribution is -0.166. The molecule has 0 aromatic carbocycles. The van der Waals surface area contributed by atoms with Crippen LogP contribution >= 0.6 is 0 Å². The quantitative estimate of drug-likeness (QED) is 0.0261. The molecule has 6 nitrogen and oxygen atoms in total. The number of unbranched alkanes of at least 4 members (excludes halogenated alkanes) is 32. The van der Waals surface area contributed by atoms with Gasteiger partial charge in [0.15, 0.2) is 6.10 Å². The van der Waals surface area contributed by atoms with Gasteiger partial charge in [-0.05, 0) is 70.6 Å². The lowest BCUT2D eigenvalue weighted by atomic mass is 10.0. The molecule has 0 aliphatic heterocycles. The van der Waals surface area contributed by atoms with Gasteiger partial charge in [0, 0.05) is 12.8 Å². The van der Waals surface area contributed by atoms with Crippen LogP contribution in [0, 0.1) is 0 Å². The Labute approximate surface area is 433 Å². The van der Waals surface area contributed by atoms with E-state index in [9.17, 15) is 14.4 Å². The highest BCUT2D eigenvalue weighted by Crippen LogP contribution is 2.16. The topological polar surface area (TPSA) is 78.9 Å². The highest BCUT2D eigenvalue weighted by molar-refractivity contribution is 5.72. The average molecular weight is 978 g/mol. The number of allylic oxidation sites excluding steroid dienone is 11. The zero-order valence-electron chi connectivity index (χ0n) is 46.3. The second-order valence-corrected chi connectivity index (χ2v) is 19.9. The van der Waals surface area contributed by atoms with Gasteiger partial charge in [0.25, 0.3) is 0 Å². The Kier molecular flexibility index (Phi) is 55.8. The maximum Gasteiger partial charge on any atom is 0.309 e. The number of rotatable bonds is 54. The van der Waals surface area contributed by atoms with Crippen LogP contribution in [0.2, 0.25) is 0 Å². The summed E-state index contributed by atoms with van der Waals surface area (Å²) in [6.07, 6.45) is 75.0.